The Morgan fingerprint density at radius 1 is 1.36 bits per heavy atom. The highest BCUT2D eigenvalue weighted by Gasteiger charge is 1.99. The van der Waals surface area contributed by atoms with E-state index in [1.807, 2.05) is 0 Å². The van der Waals surface area contributed by atoms with E-state index in [9.17, 15) is 4.79 Å². The Labute approximate surface area is 64.3 Å². The molecule has 0 saturated carbocycles. The van der Waals surface area contributed by atoms with E-state index in [0.29, 0.717) is 16.8 Å². The highest BCUT2D eigenvalue weighted by atomic mass is 16.1. The minimum absolute atomic E-state index is 0.314. The summed E-state index contributed by atoms with van der Waals surface area (Å²) < 4.78 is 0. The molecule has 54 valence electrons. The standard InChI is InChI=1S/C8H6N2O/c9-4-7-3-8(10)2-1-6(7)5-11/h1-3,9H,10H2. The molecule has 0 aliphatic rings. The van der Waals surface area contributed by atoms with E-state index in [0.717, 1.165) is 0 Å². The monoisotopic (exact) mass is 146 g/mol. The number of hydrogen-bond acceptors (Lipinski definition) is 3. The molecule has 0 heterocycles. The molecule has 11 heavy (non-hydrogen) atoms. The van der Waals surface area contributed by atoms with Gasteiger partial charge in [0, 0.05) is 16.8 Å². The van der Waals surface area contributed by atoms with Crippen LogP contribution in [0, 0.1) is 5.41 Å². The maximum Gasteiger partial charge on any atom is 0.234 e. The molecule has 2 radical (unpaired) electrons. The van der Waals surface area contributed by atoms with Crippen molar-refractivity contribution in [1.82, 2.24) is 0 Å². The maximum atomic E-state index is 10.2. The van der Waals surface area contributed by atoms with Crippen LogP contribution in [0.25, 0.3) is 0 Å². The van der Waals surface area contributed by atoms with E-state index in [-0.39, 0.29) is 0 Å². The average molecular weight is 146 g/mol. The third-order valence-electron chi connectivity index (χ3n) is 1.29. The van der Waals surface area contributed by atoms with Crippen LogP contribution in [0.3, 0.4) is 0 Å². The smallest absolute Gasteiger partial charge is 0.234 e. The van der Waals surface area contributed by atoms with Crippen LogP contribution < -0.4 is 5.73 Å². The molecule has 0 atom stereocenters. The Bertz CT molecular complexity index is 294. The van der Waals surface area contributed by atoms with Crippen molar-refractivity contribution >= 4 is 18.2 Å². The molecule has 0 spiro atoms. The first-order chi connectivity index (χ1) is 5.27. The zero-order chi connectivity index (χ0) is 8.27. The molecule has 3 nitrogen and oxygen atoms in total. The van der Waals surface area contributed by atoms with E-state index in [2.05, 4.69) is 6.21 Å². The van der Waals surface area contributed by atoms with Gasteiger partial charge in [-0.1, -0.05) is 0 Å². The Morgan fingerprint density at radius 3 is 2.64 bits per heavy atom. The molecule has 0 fully saturated rings. The predicted octanol–water partition coefficient (Wildman–Crippen LogP) is 0.601. The zero-order valence-corrected chi connectivity index (χ0v) is 5.72. The lowest BCUT2D eigenvalue weighted by molar-refractivity contribution is 0.562. The number of hydrogen-bond donors (Lipinski definition) is 2. The van der Waals surface area contributed by atoms with Crippen LogP contribution in [0.2, 0.25) is 0 Å². The second kappa shape index (κ2) is 2.96. The number of anilines is 1. The van der Waals surface area contributed by atoms with Gasteiger partial charge in [-0.3, -0.25) is 10.2 Å². The Hall–Kier alpha value is -1.64. The fourth-order valence-corrected chi connectivity index (χ4v) is 0.754. The van der Waals surface area contributed by atoms with E-state index in [1.165, 1.54) is 12.1 Å². The molecule has 1 aromatic carbocycles. The largest absolute Gasteiger partial charge is 0.399 e. The number of nitrogen functional groups attached to an aromatic ring is 1. The normalized spacial score (nSPS) is 9.09. The van der Waals surface area contributed by atoms with Gasteiger partial charge in [-0.15, -0.1) is 0 Å². The Kier molecular flexibility index (Phi) is 2.01. The van der Waals surface area contributed by atoms with Crippen molar-refractivity contribution in [3.8, 4) is 0 Å². The summed E-state index contributed by atoms with van der Waals surface area (Å²) in [6.45, 7) is 0. The molecule has 1 rings (SSSR count). The summed E-state index contributed by atoms with van der Waals surface area (Å²) in [6, 6.07) is 4.60. The first kappa shape index (κ1) is 7.47. The molecule has 0 aliphatic carbocycles. The molecule has 0 aromatic heterocycles. The molecule has 0 unspecified atom stereocenters. The summed E-state index contributed by atoms with van der Waals surface area (Å²) in [5.41, 5.74) is 6.61. The van der Waals surface area contributed by atoms with Gasteiger partial charge in [0.05, 0.1) is 6.21 Å². The van der Waals surface area contributed by atoms with Crippen molar-refractivity contribution in [1.29, 1.82) is 5.41 Å². The minimum atomic E-state index is 0.314. The summed E-state index contributed by atoms with van der Waals surface area (Å²) in [5, 5.41) is 6.80. The van der Waals surface area contributed by atoms with Crippen molar-refractivity contribution in [2.24, 2.45) is 0 Å². The third kappa shape index (κ3) is 1.43. The average Bonchev–Trinajstić information content (AvgIpc) is 2.04. The van der Waals surface area contributed by atoms with Gasteiger partial charge in [-0.2, -0.15) is 0 Å². The summed E-state index contributed by atoms with van der Waals surface area (Å²) >= 11 is 0. The van der Waals surface area contributed by atoms with Gasteiger partial charge >= 0.3 is 0 Å². The lowest BCUT2D eigenvalue weighted by Crippen LogP contribution is -1.93. The fourth-order valence-electron chi connectivity index (χ4n) is 0.754. The van der Waals surface area contributed by atoms with Crippen LogP contribution in [0.5, 0.6) is 0 Å². The second-order valence-electron chi connectivity index (χ2n) is 2.03. The first-order valence-corrected chi connectivity index (χ1v) is 2.98. The predicted molar refractivity (Wildman–Crippen MR) is 42.5 cm³/mol. The van der Waals surface area contributed by atoms with Gasteiger partial charge in [-0.05, 0) is 18.2 Å². The van der Waals surface area contributed by atoms with Crippen LogP contribution in [0.15, 0.2) is 18.2 Å². The molecule has 0 saturated heterocycles. The van der Waals surface area contributed by atoms with Gasteiger partial charge < -0.3 is 5.73 Å². The molecule has 0 bridgehead atoms. The van der Waals surface area contributed by atoms with Gasteiger partial charge in [0.25, 0.3) is 0 Å². The Morgan fingerprint density at radius 2 is 2.09 bits per heavy atom. The van der Waals surface area contributed by atoms with Crippen LogP contribution in [-0.2, 0) is 4.79 Å². The molecule has 0 amide bonds. The number of carbonyl (C=O) groups excluding carboxylic acids is 1. The van der Waals surface area contributed by atoms with Crippen molar-refractivity contribution in [2.75, 3.05) is 5.73 Å². The second-order valence-corrected chi connectivity index (χ2v) is 2.03. The van der Waals surface area contributed by atoms with Crippen molar-refractivity contribution in [3.05, 3.63) is 29.3 Å². The molecule has 3 heteroatoms. The molecular weight excluding hydrogens is 140 g/mol. The molecule has 1 aromatic rings. The van der Waals surface area contributed by atoms with E-state index < -0.39 is 0 Å². The lowest BCUT2D eigenvalue weighted by Gasteiger charge is -1.96. The Balaban J connectivity index is 3.26. The third-order valence-corrected chi connectivity index (χ3v) is 1.29. The number of rotatable bonds is 2. The topological polar surface area (TPSA) is 66.9 Å². The van der Waals surface area contributed by atoms with Gasteiger partial charge in [0.15, 0.2) is 0 Å². The van der Waals surface area contributed by atoms with Crippen LogP contribution in [0.1, 0.15) is 11.1 Å². The number of benzene rings is 1. The minimum Gasteiger partial charge on any atom is -0.399 e. The van der Waals surface area contributed by atoms with Crippen LogP contribution in [-0.4, -0.2) is 12.5 Å². The maximum absolute atomic E-state index is 10.2. The fraction of sp³-hybridized carbons (Fsp3) is 0. The molecule has 0 aliphatic heterocycles. The zero-order valence-electron chi connectivity index (χ0n) is 5.72. The van der Waals surface area contributed by atoms with Crippen molar-refractivity contribution in [3.63, 3.8) is 0 Å². The van der Waals surface area contributed by atoms with Crippen LogP contribution in [0.4, 0.5) is 5.69 Å². The van der Waals surface area contributed by atoms with E-state index >= 15 is 0 Å². The summed E-state index contributed by atoms with van der Waals surface area (Å²) in [7, 11) is 0. The summed E-state index contributed by atoms with van der Waals surface area (Å²) in [5.74, 6) is 0. The van der Waals surface area contributed by atoms with Crippen molar-refractivity contribution < 1.29 is 4.79 Å². The summed E-state index contributed by atoms with van der Waals surface area (Å²) in [4.78, 5) is 10.2. The molecular formula is C8H6N2O. The highest BCUT2D eigenvalue weighted by molar-refractivity contribution is 5.92. The lowest BCUT2D eigenvalue weighted by atomic mass is 10.1. The quantitative estimate of drug-likeness (QED) is 0.474. The van der Waals surface area contributed by atoms with E-state index in [1.54, 1.807) is 12.4 Å². The highest BCUT2D eigenvalue weighted by Crippen LogP contribution is 2.08. The van der Waals surface area contributed by atoms with Gasteiger partial charge in [0.2, 0.25) is 6.29 Å². The van der Waals surface area contributed by atoms with Crippen molar-refractivity contribution in [2.45, 2.75) is 0 Å². The van der Waals surface area contributed by atoms with Gasteiger partial charge in [0.1, 0.15) is 0 Å². The van der Waals surface area contributed by atoms with E-state index in [4.69, 9.17) is 11.1 Å². The van der Waals surface area contributed by atoms with Gasteiger partial charge in [-0.25, -0.2) is 0 Å². The summed E-state index contributed by atoms with van der Waals surface area (Å²) in [6.07, 6.45) is 3.78. The van der Waals surface area contributed by atoms with Crippen LogP contribution >= 0.6 is 0 Å². The molecule has 3 N–H and O–H groups in total. The SMILES string of the molecule is N=[C]c1cc(N)ccc1[C]=O. The number of nitrogens with one attached hydrogen (secondary N) is 1. The first-order valence-electron chi connectivity index (χ1n) is 2.98. The number of nitrogens with two attached hydrogens (primary N) is 1.